The normalized spacial score (nSPS) is 11.1. The summed E-state index contributed by atoms with van der Waals surface area (Å²) in [6, 6.07) is 58.7. The van der Waals surface area contributed by atoms with Gasteiger partial charge in [0.05, 0.1) is 5.69 Å². The molecular weight excluding hydrogens is 470 g/mol. The van der Waals surface area contributed by atoms with Gasteiger partial charge < -0.3 is 4.90 Å². The average molecular weight is 498 g/mol. The molecule has 0 spiro atoms. The van der Waals surface area contributed by atoms with Crippen molar-refractivity contribution in [3.63, 3.8) is 0 Å². The minimum Gasteiger partial charge on any atom is -0.309 e. The Bertz CT molecular complexity index is 1840. The van der Waals surface area contributed by atoms with E-state index in [0.29, 0.717) is 0 Å². The summed E-state index contributed by atoms with van der Waals surface area (Å²) in [6.07, 6.45) is 0. The highest BCUT2D eigenvalue weighted by Gasteiger charge is 2.19. The van der Waals surface area contributed by atoms with Crippen LogP contribution in [0.15, 0.2) is 164 Å². The molecule has 0 atom stereocenters. The molecule has 7 aromatic carbocycles. The third-order valence-electron chi connectivity index (χ3n) is 7.39. The van der Waals surface area contributed by atoms with Gasteiger partial charge in [-0.2, -0.15) is 0 Å². The second-order valence-electron chi connectivity index (χ2n) is 9.84. The van der Waals surface area contributed by atoms with Gasteiger partial charge in [0.2, 0.25) is 0 Å². The van der Waals surface area contributed by atoms with Gasteiger partial charge in [0.1, 0.15) is 0 Å². The summed E-state index contributed by atoms with van der Waals surface area (Å²) < 4.78 is 0. The van der Waals surface area contributed by atoms with Crippen LogP contribution in [-0.4, -0.2) is 0 Å². The molecule has 7 aromatic rings. The molecule has 0 heterocycles. The lowest BCUT2D eigenvalue weighted by molar-refractivity contribution is 1.31. The lowest BCUT2D eigenvalue weighted by Crippen LogP contribution is -2.11. The number of anilines is 3. The van der Waals surface area contributed by atoms with Gasteiger partial charge >= 0.3 is 0 Å². The van der Waals surface area contributed by atoms with Crippen LogP contribution in [0, 0.1) is 0 Å². The maximum absolute atomic E-state index is 2.40. The van der Waals surface area contributed by atoms with Crippen molar-refractivity contribution in [3.05, 3.63) is 164 Å². The molecule has 0 saturated carbocycles. The van der Waals surface area contributed by atoms with Crippen molar-refractivity contribution in [1.82, 2.24) is 0 Å². The van der Waals surface area contributed by atoms with Crippen molar-refractivity contribution < 1.29 is 0 Å². The SMILES string of the molecule is c1ccc(-c2ccc3c(N(c4ccccc4)c4ccccc4)c4cc(-c5ccccc5)ccc4cc3c2)cc1. The molecule has 39 heavy (non-hydrogen) atoms. The Labute approximate surface area is 229 Å². The van der Waals surface area contributed by atoms with E-state index in [1.54, 1.807) is 0 Å². The first kappa shape index (κ1) is 23.0. The molecule has 0 unspecified atom stereocenters. The first-order valence-corrected chi connectivity index (χ1v) is 13.4. The molecule has 184 valence electrons. The Morgan fingerprint density at radius 1 is 0.308 bits per heavy atom. The number of benzene rings is 7. The topological polar surface area (TPSA) is 3.24 Å². The Morgan fingerprint density at radius 2 is 0.795 bits per heavy atom. The molecule has 0 aliphatic carbocycles. The fraction of sp³-hybridized carbons (Fsp3) is 0. The lowest BCUT2D eigenvalue weighted by Gasteiger charge is -2.28. The van der Waals surface area contributed by atoms with Crippen LogP contribution in [0.3, 0.4) is 0 Å². The Balaban J connectivity index is 1.57. The highest BCUT2D eigenvalue weighted by Crippen LogP contribution is 2.45. The number of hydrogen-bond donors (Lipinski definition) is 0. The van der Waals surface area contributed by atoms with Gasteiger partial charge in [0.25, 0.3) is 0 Å². The standard InChI is InChI=1S/C38H27N/c1-5-13-28(14-6-1)30-23-24-36-33(25-30)26-32-22-21-31(29-15-7-2-8-16-29)27-37(32)38(36)39(34-17-9-3-10-18-34)35-19-11-4-12-20-35/h1-27H. The minimum absolute atomic E-state index is 1.13. The maximum atomic E-state index is 2.40. The number of hydrogen-bond acceptors (Lipinski definition) is 1. The lowest BCUT2D eigenvalue weighted by atomic mass is 9.93. The minimum atomic E-state index is 1.13. The first-order valence-electron chi connectivity index (χ1n) is 13.4. The van der Waals surface area contributed by atoms with Crippen LogP contribution in [0.25, 0.3) is 43.8 Å². The van der Waals surface area contributed by atoms with Crippen molar-refractivity contribution in [1.29, 1.82) is 0 Å². The summed E-state index contributed by atoms with van der Waals surface area (Å²) in [5.41, 5.74) is 8.34. The van der Waals surface area contributed by atoms with Crippen LogP contribution in [0.4, 0.5) is 17.1 Å². The summed E-state index contributed by atoms with van der Waals surface area (Å²) in [4.78, 5) is 2.40. The zero-order valence-electron chi connectivity index (χ0n) is 21.5. The zero-order valence-corrected chi connectivity index (χ0v) is 21.5. The largest absolute Gasteiger partial charge is 0.309 e. The van der Waals surface area contributed by atoms with E-state index >= 15 is 0 Å². The van der Waals surface area contributed by atoms with Crippen molar-refractivity contribution in [2.45, 2.75) is 0 Å². The summed E-state index contributed by atoms with van der Waals surface area (Å²) in [6.45, 7) is 0. The van der Waals surface area contributed by atoms with Crippen molar-refractivity contribution >= 4 is 38.6 Å². The fourth-order valence-electron chi connectivity index (χ4n) is 5.52. The van der Waals surface area contributed by atoms with E-state index in [1.165, 1.54) is 49.5 Å². The van der Waals surface area contributed by atoms with Gasteiger partial charge in [-0.05, 0) is 75.5 Å². The van der Waals surface area contributed by atoms with Crippen molar-refractivity contribution in [2.75, 3.05) is 4.90 Å². The summed E-state index contributed by atoms with van der Waals surface area (Å²) >= 11 is 0. The monoisotopic (exact) mass is 497 g/mol. The van der Waals surface area contributed by atoms with Crippen LogP contribution in [0.1, 0.15) is 0 Å². The molecule has 0 radical (unpaired) electrons. The second-order valence-corrected chi connectivity index (χ2v) is 9.84. The first-order chi connectivity index (χ1) is 19.3. The maximum Gasteiger partial charge on any atom is 0.0618 e. The quantitative estimate of drug-likeness (QED) is 0.214. The number of para-hydroxylation sites is 2. The van der Waals surface area contributed by atoms with E-state index in [-0.39, 0.29) is 0 Å². The average Bonchev–Trinajstić information content (AvgIpc) is 3.02. The van der Waals surface area contributed by atoms with Crippen LogP contribution < -0.4 is 4.90 Å². The molecule has 7 rings (SSSR count). The molecule has 1 heteroatoms. The van der Waals surface area contributed by atoms with E-state index in [1.807, 2.05) is 0 Å². The van der Waals surface area contributed by atoms with Gasteiger partial charge in [-0.1, -0.05) is 121 Å². The third kappa shape index (κ3) is 4.35. The molecule has 0 fully saturated rings. The van der Waals surface area contributed by atoms with Crippen molar-refractivity contribution in [2.24, 2.45) is 0 Å². The summed E-state index contributed by atoms with van der Waals surface area (Å²) in [5, 5.41) is 4.89. The van der Waals surface area contributed by atoms with Gasteiger partial charge in [-0.15, -0.1) is 0 Å². The molecule has 1 nitrogen and oxygen atoms in total. The predicted molar refractivity (Wildman–Crippen MR) is 167 cm³/mol. The van der Waals surface area contributed by atoms with E-state index < -0.39 is 0 Å². The van der Waals surface area contributed by atoms with Crippen molar-refractivity contribution in [3.8, 4) is 22.3 Å². The molecule has 0 saturated heterocycles. The fourth-order valence-corrected chi connectivity index (χ4v) is 5.52. The molecular formula is C38H27N. The summed E-state index contributed by atoms with van der Waals surface area (Å²) in [5.74, 6) is 0. The number of fused-ring (bicyclic) bond motifs is 2. The van der Waals surface area contributed by atoms with Crippen LogP contribution >= 0.6 is 0 Å². The summed E-state index contributed by atoms with van der Waals surface area (Å²) in [7, 11) is 0. The second kappa shape index (κ2) is 9.96. The van der Waals surface area contributed by atoms with Gasteiger partial charge in [0, 0.05) is 22.1 Å². The van der Waals surface area contributed by atoms with Crippen LogP contribution in [0.2, 0.25) is 0 Å². The Morgan fingerprint density at radius 3 is 1.36 bits per heavy atom. The molecule has 0 amide bonds. The van der Waals surface area contributed by atoms with E-state index in [4.69, 9.17) is 0 Å². The predicted octanol–water partition coefficient (Wildman–Crippen LogP) is 10.8. The van der Waals surface area contributed by atoms with E-state index in [0.717, 1.165) is 11.4 Å². The Hall–Kier alpha value is -5.14. The van der Waals surface area contributed by atoms with E-state index in [2.05, 4.69) is 169 Å². The third-order valence-corrected chi connectivity index (χ3v) is 7.39. The van der Waals surface area contributed by atoms with E-state index in [9.17, 15) is 0 Å². The highest BCUT2D eigenvalue weighted by atomic mass is 15.1. The van der Waals surface area contributed by atoms with Crippen LogP contribution in [0.5, 0.6) is 0 Å². The number of nitrogens with zero attached hydrogens (tertiary/aromatic N) is 1. The molecule has 0 bridgehead atoms. The van der Waals surface area contributed by atoms with Gasteiger partial charge in [-0.3, -0.25) is 0 Å². The molecule has 0 aliphatic heterocycles. The molecule has 0 aliphatic rings. The number of rotatable bonds is 5. The Kier molecular flexibility index (Phi) is 5.88. The zero-order chi connectivity index (χ0) is 26.0. The van der Waals surface area contributed by atoms with Gasteiger partial charge in [-0.25, -0.2) is 0 Å². The van der Waals surface area contributed by atoms with Crippen LogP contribution in [-0.2, 0) is 0 Å². The molecule has 0 aromatic heterocycles. The van der Waals surface area contributed by atoms with Gasteiger partial charge in [0.15, 0.2) is 0 Å². The molecule has 0 N–H and O–H groups in total. The smallest absolute Gasteiger partial charge is 0.0618 e. The highest BCUT2D eigenvalue weighted by molar-refractivity contribution is 6.15.